The number of benzene rings is 2. The number of phenolic OH excluding ortho intramolecular Hbond substituents is 1. The van der Waals surface area contributed by atoms with E-state index in [4.69, 9.17) is 30.3 Å². The maximum atomic E-state index is 11.6. The Kier molecular flexibility index (Phi) is 8.49. The molecule has 160 valence electrons. The zero-order chi connectivity index (χ0) is 22.1. The Hall–Kier alpha value is -3.26. The number of carbonyl (C=O) groups is 1. The van der Waals surface area contributed by atoms with E-state index in [0.717, 1.165) is 11.3 Å². The van der Waals surface area contributed by atoms with Crippen LogP contribution in [0.3, 0.4) is 0 Å². The van der Waals surface area contributed by atoms with Gasteiger partial charge < -0.3 is 23.8 Å². The quantitative estimate of drug-likeness (QED) is 0.524. The lowest BCUT2D eigenvalue weighted by atomic mass is 10.2. The molecule has 3 rings (SSSR count). The second-order valence-corrected chi connectivity index (χ2v) is 5.99. The van der Waals surface area contributed by atoms with Crippen molar-refractivity contribution in [3.63, 3.8) is 0 Å². The predicted octanol–water partition coefficient (Wildman–Crippen LogP) is 4.89. The van der Waals surface area contributed by atoms with E-state index in [0.29, 0.717) is 5.56 Å². The monoisotopic (exact) mass is 434 g/mol. The summed E-state index contributed by atoms with van der Waals surface area (Å²) in [6.07, 6.45) is 0. The minimum Gasteiger partial charge on any atom is -0.504 e. The molecule has 0 unspecified atom stereocenters. The van der Waals surface area contributed by atoms with E-state index in [9.17, 15) is 9.90 Å². The number of hydrogen-bond donors (Lipinski definition) is 1. The van der Waals surface area contributed by atoms with Crippen LogP contribution < -0.4 is 9.47 Å². The van der Waals surface area contributed by atoms with Gasteiger partial charge in [0.05, 0.1) is 18.7 Å². The Bertz CT molecular complexity index is 949. The molecular weight excluding hydrogens is 412 g/mol. The maximum Gasteiger partial charge on any atom is 0.397 e. The summed E-state index contributed by atoms with van der Waals surface area (Å²) in [6.45, 7) is 6.05. The molecule has 30 heavy (non-hydrogen) atoms. The first-order chi connectivity index (χ1) is 14.5. The van der Waals surface area contributed by atoms with Crippen LogP contribution >= 0.6 is 11.6 Å². The lowest BCUT2D eigenvalue weighted by Gasteiger charge is -2.11. The van der Waals surface area contributed by atoms with Crippen molar-refractivity contribution in [3.05, 3.63) is 52.9 Å². The molecule has 0 saturated heterocycles. The summed E-state index contributed by atoms with van der Waals surface area (Å²) in [5, 5.41) is 14.1. The zero-order valence-corrected chi connectivity index (χ0v) is 17.9. The van der Waals surface area contributed by atoms with Crippen LogP contribution in [0.15, 0.2) is 40.9 Å². The molecule has 1 aromatic heterocycles. The average molecular weight is 435 g/mol. The molecule has 0 radical (unpaired) electrons. The van der Waals surface area contributed by atoms with Gasteiger partial charge in [-0.25, -0.2) is 4.79 Å². The number of aromatic hydroxyl groups is 1. The van der Waals surface area contributed by atoms with E-state index in [1.807, 2.05) is 26.0 Å². The van der Waals surface area contributed by atoms with E-state index in [1.54, 1.807) is 26.2 Å². The summed E-state index contributed by atoms with van der Waals surface area (Å²) in [4.78, 5) is 15.6. The van der Waals surface area contributed by atoms with Crippen LogP contribution in [0.25, 0.3) is 11.4 Å². The van der Waals surface area contributed by atoms with Crippen molar-refractivity contribution < 1.29 is 28.6 Å². The summed E-state index contributed by atoms with van der Waals surface area (Å²) in [5.41, 5.74) is 1.23. The number of halogens is 1. The highest BCUT2D eigenvalue weighted by Gasteiger charge is 2.19. The maximum absolute atomic E-state index is 11.6. The molecule has 0 saturated carbocycles. The third kappa shape index (κ3) is 5.64. The Balaban J connectivity index is 0.00000155. The Morgan fingerprint density at radius 1 is 1.20 bits per heavy atom. The molecular formula is C21H23ClN2O6. The van der Waals surface area contributed by atoms with Crippen LogP contribution in [0.5, 0.6) is 17.2 Å². The zero-order valence-electron chi connectivity index (χ0n) is 17.1. The topological polar surface area (TPSA) is 104 Å². The minimum absolute atomic E-state index is 0.0851. The van der Waals surface area contributed by atoms with Crippen LogP contribution in [0.1, 0.15) is 37.0 Å². The molecule has 1 heterocycles. The van der Waals surface area contributed by atoms with Crippen LogP contribution in [0.2, 0.25) is 5.02 Å². The first kappa shape index (κ1) is 23.0. The molecule has 0 amide bonds. The van der Waals surface area contributed by atoms with Gasteiger partial charge in [0, 0.05) is 5.56 Å². The molecule has 1 N–H and O–H groups in total. The molecule has 0 aliphatic heterocycles. The van der Waals surface area contributed by atoms with Crippen molar-refractivity contribution in [2.75, 3.05) is 13.7 Å². The van der Waals surface area contributed by atoms with Crippen LogP contribution in [-0.2, 0) is 11.3 Å². The normalized spacial score (nSPS) is 10.0. The number of rotatable bonds is 7. The van der Waals surface area contributed by atoms with Crippen molar-refractivity contribution in [2.45, 2.75) is 27.4 Å². The molecule has 0 aliphatic carbocycles. The van der Waals surface area contributed by atoms with Crippen LogP contribution in [0, 0.1) is 0 Å². The molecule has 0 spiro atoms. The number of carbonyl (C=O) groups excluding carboxylic acids is 1. The van der Waals surface area contributed by atoms with E-state index in [1.165, 1.54) is 12.1 Å². The molecule has 0 aliphatic rings. The molecule has 3 aromatic rings. The highest BCUT2D eigenvalue weighted by molar-refractivity contribution is 6.32. The summed E-state index contributed by atoms with van der Waals surface area (Å²) in [7, 11) is 1.59. The lowest BCUT2D eigenvalue weighted by Crippen LogP contribution is -2.04. The summed E-state index contributed by atoms with van der Waals surface area (Å²) < 4.78 is 20.4. The minimum atomic E-state index is -0.726. The van der Waals surface area contributed by atoms with Gasteiger partial charge in [0.25, 0.3) is 0 Å². The van der Waals surface area contributed by atoms with Crippen molar-refractivity contribution in [3.8, 4) is 28.6 Å². The predicted molar refractivity (Wildman–Crippen MR) is 111 cm³/mol. The average Bonchev–Trinajstić information content (AvgIpc) is 3.26. The SMILES string of the molecule is CC.CCOC(=O)c1nc(-c2cc(O)c(OCc3ccc(OC)cc3)c(Cl)c2)no1. The molecule has 9 heteroatoms. The number of aromatic nitrogens is 2. The summed E-state index contributed by atoms with van der Waals surface area (Å²) in [6, 6.07) is 10.2. The number of phenols is 1. The first-order valence-electron chi connectivity index (χ1n) is 9.31. The summed E-state index contributed by atoms with van der Waals surface area (Å²) in [5.74, 6) is -0.268. The van der Waals surface area contributed by atoms with Crippen molar-refractivity contribution in [1.29, 1.82) is 0 Å². The lowest BCUT2D eigenvalue weighted by molar-refractivity contribution is 0.0470. The van der Waals surface area contributed by atoms with Gasteiger partial charge in [-0.1, -0.05) is 42.7 Å². The number of methoxy groups -OCH3 is 1. The standard InChI is InChI=1S/C19H17ClN2O6.C2H6/c1-3-26-19(24)18-21-17(22-28-18)12-8-14(20)16(15(23)9-12)27-10-11-4-6-13(25-2)7-5-11;1-2/h4-9,23H,3,10H2,1-2H3;1-2H3. The van der Waals surface area contributed by atoms with Crippen molar-refractivity contribution >= 4 is 17.6 Å². The molecule has 2 aromatic carbocycles. The third-order valence-corrected chi connectivity index (χ3v) is 3.98. The van der Waals surface area contributed by atoms with Gasteiger partial charge in [-0.3, -0.25) is 0 Å². The fourth-order valence-corrected chi connectivity index (χ4v) is 2.61. The Morgan fingerprint density at radius 3 is 2.50 bits per heavy atom. The highest BCUT2D eigenvalue weighted by Crippen LogP contribution is 2.38. The molecule has 0 bridgehead atoms. The Morgan fingerprint density at radius 2 is 1.90 bits per heavy atom. The fraction of sp³-hybridized carbons (Fsp3) is 0.286. The van der Waals surface area contributed by atoms with Gasteiger partial charge in [0.2, 0.25) is 5.82 Å². The Labute approximate surface area is 179 Å². The van der Waals surface area contributed by atoms with E-state index >= 15 is 0 Å². The van der Waals surface area contributed by atoms with Gasteiger partial charge in [0.1, 0.15) is 12.4 Å². The smallest absolute Gasteiger partial charge is 0.397 e. The second-order valence-electron chi connectivity index (χ2n) is 5.59. The number of ether oxygens (including phenoxy) is 3. The number of nitrogens with zero attached hydrogens (tertiary/aromatic N) is 2. The molecule has 8 nitrogen and oxygen atoms in total. The van der Waals surface area contributed by atoms with Crippen molar-refractivity contribution in [2.24, 2.45) is 0 Å². The summed E-state index contributed by atoms with van der Waals surface area (Å²) >= 11 is 6.23. The highest BCUT2D eigenvalue weighted by atomic mass is 35.5. The van der Waals surface area contributed by atoms with E-state index < -0.39 is 5.97 Å². The fourth-order valence-electron chi connectivity index (χ4n) is 2.34. The van der Waals surface area contributed by atoms with Crippen LogP contribution in [-0.4, -0.2) is 34.9 Å². The van der Waals surface area contributed by atoms with Gasteiger partial charge in [-0.15, -0.1) is 0 Å². The van der Waals surface area contributed by atoms with E-state index in [-0.39, 0.29) is 41.5 Å². The van der Waals surface area contributed by atoms with Gasteiger partial charge in [-0.2, -0.15) is 4.98 Å². The first-order valence-corrected chi connectivity index (χ1v) is 9.69. The van der Waals surface area contributed by atoms with Gasteiger partial charge in [0.15, 0.2) is 11.5 Å². The van der Waals surface area contributed by atoms with Crippen molar-refractivity contribution in [1.82, 2.24) is 10.1 Å². The van der Waals surface area contributed by atoms with Gasteiger partial charge >= 0.3 is 11.9 Å². The molecule has 0 fully saturated rings. The van der Waals surface area contributed by atoms with Crippen LogP contribution in [0.4, 0.5) is 0 Å². The van der Waals surface area contributed by atoms with Gasteiger partial charge in [-0.05, 0) is 36.8 Å². The van der Waals surface area contributed by atoms with E-state index in [2.05, 4.69) is 10.1 Å². The largest absolute Gasteiger partial charge is 0.504 e. The number of hydrogen-bond acceptors (Lipinski definition) is 8. The second kappa shape index (κ2) is 11.1. The number of esters is 1. The molecule has 0 atom stereocenters. The third-order valence-electron chi connectivity index (χ3n) is 3.70.